The summed E-state index contributed by atoms with van der Waals surface area (Å²) in [5, 5.41) is 5.25. The third-order valence-corrected chi connectivity index (χ3v) is 16.8. The van der Waals surface area contributed by atoms with Crippen LogP contribution in [0.1, 0.15) is 110 Å². The SMILES string of the molecule is Cc1cc2c3c(c1)C(C)(C)c1cc(N(c4ccccc4)c4ccc(C(C)(C)C)cc4-c4ccccc4)ccc1B3c1cc3c4cc(C(C)(C)C)ccc4n4c5ccccc5c(c1N2c1ccc(C(C)(C)C)cc1)c34. The van der Waals surface area contributed by atoms with E-state index in [0.29, 0.717) is 0 Å². The van der Waals surface area contributed by atoms with E-state index in [0.717, 1.165) is 17.1 Å². The van der Waals surface area contributed by atoms with E-state index in [-0.39, 0.29) is 28.4 Å². The van der Waals surface area contributed by atoms with Crippen LogP contribution >= 0.6 is 0 Å². The highest BCUT2D eigenvalue weighted by Crippen LogP contribution is 2.51. The third kappa shape index (κ3) is 6.86. The summed E-state index contributed by atoms with van der Waals surface area (Å²) in [6.07, 6.45) is 0. The highest BCUT2D eigenvalue weighted by molar-refractivity contribution is 6.99. The zero-order valence-electron chi connectivity index (χ0n) is 45.2. The second-order valence-corrected chi connectivity index (χ2v) is 25.1. The second kappa shape index (κ2) is 16.0. The Morgan fingerprint density at radius 2 is 1.11 bits per heavy atom. The minimum absolute atomic E-state index is 0.000877. The summed E-state index contributed by atoms with van der Waals surface area (Å²) in [6.45, 7) is 28.1. The maximum Gasteiger partial charge on any atom is 0.247 e. The molecule has 0 N–H and O–H groups in total. The summed E-state index contributed by atoms with van der Waals surface area (Å²) < 4.78 is 2.57. The normalized spacial score (nSPS) is 14.3. The number of nitrogens with zero attached hydrogens (tertiary/aromatic N) is 3. The van der Waals surface area contributed by atoms with Crippen molar-refractivity contribution < 1.29 is 0 Å². The highest BCUT2D eigenvalue weighted by atomic mass is 15.2. The maximum absolute atomic E-state index is 2.66. The number of rotatable bonds is 5. The molecule has 9 aromatic carbocycles. The first kappa shape index (κ1) is 46.2. The van der Waals surface area contributed by atoms with Crippen LogP contribution < -0.4 is 26.2 Å². The monoisotopic (exact) mass is 960 g/mol. The summed E-state index contributed by atoms with van der Waals surface area (Å²) in [5.74, 6) is 0. The fourth-order valence-corrected chi connectivity index (χ4v) is 12.9. The molecule has 0 amide bonds. The molecule has 2 aromatic heterocycles. The molecule has 3 nitrogen and oxygen atoms in total. The molecule has 0 fully saturated rings. The summed E-state index contributed by atoms with van der Waals surface area (Å²) in [6, 6.07) is 70.0. The first-order valence-electron chi connectivity index (χ1n) is 26.8. The molecule has 2 aliphatic rings. The molecule has 11 aromatic rings. The van der Waals surface area contributed by atoms with Gasteiger partial charge in [0.15, 0.2) is 0 Å². The van der Waals surface area contributed by atoms with Crippen molar-refractivity contribution in [2.45, 2.75) is 105 Å². The van der Waals surface area contributed by atoms with Gasteiger partial charge >= 0.3 is 0 Å². The molecule has 0 radical (unpaired) electrons. The van der Waals surface area contributed by atoms with Crippen LogP contribution in [0.15, 0.2) is 182 Å². The van der Waals surface area contributed by atoms with Gasteiger partial charge in [-0.2, -0.15) is 0 Å². The molecular formula is C70H66BN3. The van der Waals surface area contributed by atoms with Gasteiger partial charge in [0, 0.05) is 55.3 Å². The zero-order valence-corrected chi connectivity index (χ0v) is 45.2. The third-order valence-electron chi connectivity index (χ3n) is 16.8. The molecule has 364 valence electrons. The molecule has 2 aliphatic heterocycles. The number of aromatic nitrogens is 1. The van der Waals surface area contributed by atoms with Crippen molar-refractivity contribution in [1.29, 1.82) is 0 Å². The summed E-state index contributed by atoms with van der Waals surface area (Å²) in [4.78, 5) is 5.16. The molecule has 0 unspecified atom stereocenters. The maximum atomic E-state index is 2.66. The van der Waals surface area contributed by atoms with E-state index in [2.05, 4.69) is 279 Å². The first-order valence-corrected chi connectivity index (χ1v) is 26.8. The van der Waals surface area contributed by atoms with Gasteiger partial charge in [-0.25, -0.2) is 0 Å². The quantitative estimate of drug-likeness (QED) is 0.159. The largest absolute Gasteiger partial charge is 0.311 e. The number of fused-ring (bicyclic) bond motifs is 11. The topological polar surface area (TPSA) is 10.9 Å². The Kier molecular flexibility index (Phi) is 9.98. The van der Waals surface area contributed by atoms with Crippen LogP contribution in [0.5, 0.6) is 0 Å². The van der Waals surface area contributed by atoms with Crippen LogP contribution in [0.2, 0.25) is 0 Å². The van der Waals surface area contributed by atoms with Crippen LogP contribution in [-0.2, 0) is 21.7 Å². The van der Waals surface area contributed by atoms with Gasteiger partial charge in [0.1, 0.15) is 0 Å². The number of anilines is 6. The lowest BCUT2D eigenvalue weighted by Crippen LogP contribution is -2.64. The fourth-order valence-electron chi connectivity index (χ4n) is 12.9. The average Bonchev–Trinajstić information content (AvgIpc) is 3.96. The van der Waals surface area contributed by atoms with E-state index in [1.54, 1.807) is 0 Å². The molecule has 0 spiro atoms. The lowest BCUT2D eigenvalue weighted by atomic mass is 9.30. The zero-order chi connectivity index (χ0) is 51.4. The minimum atomic E-state index is -0.344. The smallest absolute Gasteiger partial charge is 0.247 e. The number of aryl methyl sites for hydroxylation is 1. The van der Waals surface area contributed by atoms with Gasteiger partial charge in [-0.3, -0.25) is 0 Å². The van der Waals surface area contributed by atoms with Crippen LogP contribution in [-0.4, -0.2) is 11.1 Å². The van der Waals surface area contributed by atoms with E-state index < -0.39 is 0 Å². The molecule has 0 atom stereocenters. The molecule has 13 rings (SSSR count). The van der Waals surface area contributed by atoms with E-state index in [1.165, 1.54) is 116 Å². The Morgan fingerprint density at radius 1 is 0.486 bits per heavy atom. The second-order valence-electron chi connectivity index (χ2n) is 25.1. The van der Waals surface area contributed by atoms with Gasteiger partial charge in [0.25, 0.3) is 0 Å². The Bertz CT molecular complexity index is 4050. The molecule has 4 heteroatoms. The molecule has 74 heavy (non-hydrogen) atoms. The molecule has 0 saturated heterocycles. The van der Waals surface area contributed by atoms with Crippen molar-refractivity contribution in [2.24, 2.45) is 0 Å². The number of hydrogen-bond acceptors (Lipinski definition) is 2. The van der Waals surface area contributed by atoms with Crippen LogP contribution in [0.3, 0.4) is 0 Å². The van der Waals surface area contributed by atoms with Crippen LogP contribution in [0.25, 0.3) is 49.2 Å². The summed E-state index contributed by atoms with van der Waals surface area (Å²) in [7, 11) is 0. The predicted molar refractivity (Wildman–Crippen MR) is 320 cm³/mol. The number of hydrogen-bond donors (Lipinski definition) is 0. The lowest BCUT2D eigenvalue weighted by Gasteiger charge is -2.46. The minimum Gasteiger partial charge on any atom is -0.311 e. The van der Waals surface area contributed by atoms with E-state index in [4.69, 9.17) is 0 Å². The highest BCUT2D eigenvalue weighted by Gasteiger charge is 2.48. The number of para-hydroxylation sites is 2. The predicted octanol–water partition coefficient (Wildman–Crippen LogP) is 17.1. The lowest BCUT2D eigenvalue weighted by molar-refractivity contribution is 0.590. The molecule has 4 heterocycles. The Labute approximate surface area is 438 Å². The standard InChI is InChI=1S/C70H66BN3/c1-43-37-56-64-62(38-43)73(49-31-27-45(28-32-49)67(2,3)4)66-58(42-54-53-40-47(69(8,9)10)30-36-61(53)74-59-26-20-19-25-51(59)63(66)65(54)74)71(64)57-34-33-50(41-55(57)70(56,11)12)72(48-23-17-14-18-24-48)60-35-29-46(68(5,6)7)39-52(60)44-21-15-13-16-22-44/h13-42H,1-12H3. The van der Waals surface area contributed by atoms with Crippen molar-refractivity contribution >= 4 is 95.3 Å². The summed E-state index contributed by atoms with van der Waals surface area (Å²) >= 11 is 0. The Morgan fingerprint density at radius 3 is 1.81 bits per heavy atom. The number of benzene rings is 9. The van der Waals surface area contributed by atoms with Crippen molar-refractivity contribution in [3.63, 3.8) is 0 Å². The average molecular weight is 960 g/mol. The fraction of sp³-hybridized carbons (Fsp3) is 0.229. The Hall–Kier alpha value is -7.56. The van der Waals surface area contributed by atoms with Crippen molar-refractivity contribution in [3.8, 4) is 11.1 Å². The van der Waals surface area contributed by atoms with Gasteiger partial charge in [0.2, 0.25) is 6.71 Å². The molecule has 0 bridgehead atoms. The van der Waals surface area contributed by atoms with E-state index >= 15 is 0 Å². The van der Waals surface area contributed by atoms with Gasteiger partial charge in [-0.15, -0.1) is 0 Å². The molecule has 0 aliphatic carbocycles. The molecular weight excluding hydrogens is 894 g/mol. The van der Waals surface area contributed by atoms with Gasteiger partial charge in [-0.05, 0) is 146 Å². The van der Waals surface area contributed by atoms with Crippen molar-refractivity contribution in [1.82, 2.24) is 4.40 Å². The van der Waals surface area contributed by atoms with Crippen molar-refractivity contribution in [2.75, 3.05) is 9.80 Å². The van der Waals surface area contributed by atoms with Gasteiger partial charge in [-0.1, -0.05) is 191 Å². The summed E-state index contributed by atoms with van der Waals surface area (Å²) in [5.41, 5.74) is 25.3. The Balaban J connectivity index is 1.13. The van der Waals surface area contributed by atoms with Crippen LogP contribution in [0, 0.1) is 6.92 Å². The van der Waals surface area contributed by atoms with Crippen molar-refractivity contribution in [3.05, 3.63) is 215 Å². The van der Waals surface area contributed by atoms with Gasteiger partial charge in [0.05, 0.1) is 27.9 Å². The van der Waals surface area contributed by atoms with Gasteiger partial charge < -0.3 is 14.2 Å². The van der Waals surface area contributed by atoms with Crippen LogP contribution in [0.4, 0.5) is 34.1 Å². The van der Waals surface area contributed by atoms with E-state index in [1.807, 2.05) is 0 Å². The first-order chi connectivity index (χ1) is 35.3. The molecule has 0 saturated carbocycles. The van der Waals surface area contributed by atoms with E-state index in [9.17, 15) is 0 Å².